The molecule has 3 rings (SSSR count). The Balaban J connectivity index is 1.99. The molecule has 2 heterocycles. The van der Waals surface area contributed by atoms with Crippen molar-refractivity contribution in [3.05, 3.63) is 23.7 Å². The molecule has 2 heteroatoms. The summed E-state index contributed by atoms with van der Waals surface area (Å²) in [6.45, 7) is 3.45. The summed E-state index contributed by atoms with van der Waals surface area (Å²) in [6, 6.07) is 2.18. The normalized spacial score (nSPS) is 35.4. The largest absolute Gasteiger partial charge is 0.469 e. The monoisotopic (exact) mass is 205 g/mol. The molecule has 1 aromatic heterocycles. The van der Waals surface area contributed by atoms with E-state index in [1.807, 2.05) is 6.26 Å². The SMILES string of the molecule is CC1CCCC2(C1)NCCc1occc12. The second-order valence-corrected chi connectivity index (χ2v) is 5.22. The minimum Gasteiger partial charge on any atom is -0.469 e. The predicted octanol–water partition coefficient (Wildman–Crippen LogP) is 2.83. The summed E-state index contributed by atoms with van der Waals surface area (Å²) < 4.78 is 5.58. The van der Waals surface area contributed by atoms with Crippen LogP contribution in [0.1, 0.15) is 43.9 Å². The highest BCUT2D eigenvalue weighted by molar-refractivity contribution is 5.30. The molecule has 1 aliphatic heterocycles. The van der Waals surface area contributed by atoms with Gasteiger partial charge in [0.15, 0.2) is 0 Å². The first-order chi connectivity index (χ1) is 7.30. The van der Waals surface area contributed by atoms with E-state index in [1.54, 1.807) is 0 Å². The fourth-order valence-electron chi connectivity index (χ4n) is 3.43. The minimum atomic E-state index is 0.248. The van der Waals surface area contributed by atoms with E-state index < -0.39 is 0 Å². The highest BCUT2D eigenvalue weighted by Gasteiger charge is 2.40. The van der Waals surface area contributed by atoms with Gasteiger partial charge in [0.1, 0.15) is 5.76 Å². The van der Waals surface area contributed by atoms with Crippen LogP contribution in [0, 0.1) is 5.92 Å². The summed E-state index contributed by atoms with van der Waals surface area (Å²) in [6.07, 6.45) is 8.20. The number of furan rings is 1. The summed E-state index contributed by atoms with van der Waals surface area (Å²) in [5.41, 5.74) is 1.69. The Morgan fingerprint density at radius 1 is 1.53 bits per heavy atom. The number of fused-ring (bicyclic) bond motifs is 2. The highest BCUT2D eigenvalue weighted by Crippen LogP contribution is 2.43. The maximum Gasteiger partial charge on any atom is 0.110 e. The first kappa shape index (κ1) is 9.46. The van der Waals surface area contributed by atoms with Gasteiger partial charge in [-0.2, -0.15) is 0 Å². The summed E-state index contributed by atoms with van der Waals surface area (Å²) in [5, 5.41) is 3.75. The Bertz CT molecular complexity index is 357. The van der Waals surface area contributed by atoms with Crippen LogP contribution in [0.15, 0.2) is 16.7 Å². The molecule has 82 valence electrons. The molecular formula is C13H19NO. The second-order valence-electron chi connectivity index (χ2n) is 5.22. The van der Waals surface area contributed by atoms with E-state index in [4.69, 9.17) is 4.42 Å². The lowest BCUT2D eigenvalue weighted by molar-refractivity contribution is 0.174. The van der Waals surface area contributed by atoms with Crippen molar-refractivity contribution >= 4 is 0 Å². The first-order valence-electron chi connectivity index (χ1n) is 6.12. The molecule has 1 N–H and O–H groups in total. The minimum absolute atomic E-state index is 0.248. The molecule has 2 atom stereocenters. The quantitative estimate of drug-likeness (QED) is 0.704. The lowest BCUT2D eigenvalue weighted by Gasteiger charge is -2.43. The third-order valence-electron chi connectivity index (χ3n) is 4.07. The molecule has 15 heavy (non-hydrogen) atoms. The third-order valence-corrected chi connectivity index (χ3v) is 4.07. The number of hydrogen-bond donors (Lipinski definition) is 1. The van der Waals surface area contributed by atoms with Crippen molar-refractivity contribution in [2.45, 2.75) is 44.6 Å². The van der Waals surface area contributed by atoms with E-state index in [0.29, 0.717) is 0 Å². The Morgan fingerprint density at radius 2 is 2.47 bits per heavy atom. The Kier molecular flexibility index (Phi) is 2.13. The Labute approximate surface area is 91.0 Å². The predicted molar refractivity (Wildman–Crippen MR) is 59.7 cm³/mol. The molecule has 0 bridgehead atoms. The van der Waals surface area contributed by atoms with Crippen LogP contribution in [-0.2, 0) is 12.0 Å². The molecule has 2 aliphatic rings. The molecule has 1 aliphatic carbocycles. The zero-order valence-corrected chi connectivity index (χ0v) is 9.38. The van der Waals surface area contributed by atoms with E-state index in [-0.39, 0.29) is 5.54 Å². The van der Waals surface area contributed by atoms with E-state index in [2.05, 4.69) is 18.3 Å². The van der Waals surface area contributed by atoms with Gasteiger partial charge in [0.2, 0.25) is 0 Å². The van der Waals surface area contributed by atoms with Gasteiger partial charge in [-0.05, 0) is 24.8 Å². The molecule has 2 unspecified atom stereocenters. The van der Waals surface area contributed by atoms with Crippen molar-refractivity contribution in [2.24, 2.45) is 5.92 Å². The summed E-state index contributed by atoms with van der Waals surface area (Å²) >= 11 is 0. The molecule has 0 aromatic carbocycles. The summed E-state index contributed by atoms with van der Waals surface area (Å²) in [5.74, 6) is 2.06. The van der Waals surface area contributed by atoms with E-state index in [0.717, 1.165) is 18.9 Å². The van der Waals surface area contributed by atoms with E-state index in [9.17, 15) is 0 Å². The molecule has 1 saturated carbocycles. The maximum atomic E-state index is 5.58. The summed E-state index contributed by atoms with van der Waals surface area (Å²) in [4.78, 5) is 0. The van der Waals surface area contributed by atoms with Crippen molar-refractivity contribution in [1.29, 1.82) is 0 Å². The standard InChI is InChI=1S/C13H19NO/c1-10-3-2-6-13(9-10)11-5-8-15-12(11)4-7-14-13/h5,8,10,14H,2-4,6-7,9H2,1H3. The van der Waals surface area contributed by atoms with Gasteiger partial charge in [-0.25, -0.2) is 0 Å². The van der Waals surface area contributed by atoms with Crippen LogP contribution >= 0.6 is 0 Å². The highest BCUT2D eigenvalue weighted by atomic mass is 16.3. The maximum absolute atomic E-state index is 5.58. The molecule has 2 nitrogen and oxygen atoms in total. The van der Waals surface area contributed by atoms with Crippen molar-refractivity contribution in [3.63, 3.8) is 0 Å². The van der Waals surface area contributed by atoms with Crippen LogP contribution in [0.3, 0.4) is 0 Å². The van der Waals surface area contributed by atoms with Gasteiger partial charge in [0.05, 0.1) is 6.26 Å². The first-order valence-corrected chi connectivity index (χ1v) is 6.12. The zero-order chi connectivity index (χ0) is 10.3. The fourth-order valence-corrected chi connectivity index (χ4v) is 3.43. The molecular weight excluding hydrogens is 186 g/mol. The van der Waals surface area contributed by atoms with Gasteiger partial charge < -0.3 is 9.73 Å². The van der Waals surface area contributed by atoms with Gasteiger partial charge in [0.25, 0.3) is 0 Å². The van der Waals surface area contributed by atoms with Crippen molar-refractivity contribution in [1.82, 2.24) is 5.32 Å². The number of nitrogens with one attached hydrogen (secondary N) is 1. The topological polar surface area (TPSA) is 25.2 Å². The van der Waals surface area contributed by atoms with Crippen molar-refractivity contribution < 1.29 is 4.42 Å². The van der Waals surface area contributed by atoms with Crippen LogP contribution in [0.4, 0.5) is 0 Å². The average molecular weight is 205 g/mol. The van der Waals surface area contributed by atoms with E-state index >= 15 is 0 Å². The van der Waals surface area contributed by atoms with Gasteiger partial charge in [0, 0.05) is 24.1 Å². The van der Waals surface area contributed by atoms with Crippen LogP contribution in [0.5, 0.6) is 0 Å². The number of rotatable bonds is 0. The lowest BCUT2D eigenvalue weighted by atomic mass is 9.71. The molecule has 0 amide bonds. The molecule has 1 aromatic rings. The third kappa shape index (κ3) is 1.43. The molecule has 1 fully saturated rings. The fraction of sp³-hybridized carbons (Fsp3) is 0.692. The Hall–Kier alpha value is -0.760. The molecule has 1 spiro atoms. The Morgan fingerprint density at radius 3 is 3.33 bits per heavy atom. The molecule has 0 saturated heterocycles. The zero-order valence-electron chi connectivity index (χ0n) is 9.38. The van der Waals surface area contributed by atoms with Gasteiger partial charge in [-0.15, -0.1) is 0 Å². The smallest absolute Gasteiger partial charge is 0.110 e. The number of hydrogen-bond acceptors (Lipinski definition) is 2. The molecule has 0 radical (unpaired) electrons. The van der Waals surface area contributed by atoms with Crippen LogP contribution < -0.4 is 5.32 Å². The van der Waals surface area contributed by atoms with Crippen LogP contribution in [0.25, 0.3) is 0 Å². The van der Waals surface area contributed by atoms with Crippen LogP contribution in [0.2, 0.25) is 0 Å². The average Bonchev–Trinajstić information content (AvgIpc) is 2.67. The second kappa shape index (κ2) is 3.38. The van der Waals surface area contributed by atoms with Gasteiger partial charge in [-0.3, -0.25) is 0 Å². The van der Waals surface area contributed by atoms with Crippen molar-refractivity contribution in [2.75, 3.05) is 6.54 Å². The lowest BCUT2D eigenvalue weighted by Crippen LogP contribution is -2.49. The summed E-state index contributed by atoms with van der Waals surface area (Å²) in [7, 11) is 0. The van der Waals surface area contributed by atoms with Crippen LogP contribution in [-0.4, -0.2) is 6.54 Å². The van der Waals surface area contributed by atoms with Crippen molar-refractivity contribution in [3.8, 4) is 0 Å². The van der Waals surface area contributed by atoms with Gasteiger partial charge >= 0.3 is 0 Å². The van der Waals surface area contributed by atoms with Gasteiger partial charge in [-0.1, -0.05) is 19.8 Å². The van der Waals surface area contributed by atoms with E-state index in [1.165, 1.54) is 37.0 Å².